The van der Waals surface area contributed by atoms with Crippen molar-refractivity contribution in [3.05, 3.63) is 28.7 Å². The SMILES string of the molecule is CCOc1c(OC)cc(C=N/N=C2/NC(=O)/C(=C\C(=O)OC)S2)cc1OC. The fourth-order valence-electron chi connectivity index (χ4n) is 2.05. The van der Waals surface area contributed by atoms with Gasteiger partial charge >= 0.3 is 5.97 Å². The third kappa shape index (κ3) is 5.23. The van der Waals surface area contributed by atoms with Gasteiger partial charge in [0.05, 0.1) is 39.1 Å². The second kappa shape index (κ2) is 9.62. The first kappa shape index (κ1) is 20.3. The molecule has 0 unspecified atom stereocenters. The number of carbonyl (C=O) groups is 2. The van der Waals surface area contributed by atoms with E-state index >= 15 is 0 Å². The Hall–Kier alpha value is -3.01. The first-order valence-electron chi connectivity index (χ1n) is 7.81. The molecule has 27 heavy (non-hydrogen) atoms. The van der Waals surface area contributed by atoms with Gasteiger partial charge in [0, 0.05) is 11.6 Å². The molecular weight excluding hydrogens is 374 g/mol. The number of amides is 1. The molecule has 0 atom stereocenters. The molecule has 1 aliphatic rings. The molecule has 0 aromatic heterocycles. The molecule has 0 saturated carbocycles. The Balaban J connectivity index is 2.19. The first-order valence-corrected chi connectivity index (χ1v) is 8.62. The van der Waals surface area contributed by atoms with Crippen LogP contribution in [-0.2, 0) is 14.3 Å². The Bertz CT molecular complexity index is 794. The van der Waals surface area contributed by atoms with Crippen LogP contribution in [0.3, 0.4) is 0 Å². The van der Waals surface area contributed by atoms with Gasteiger partial charge in [-0.1, -0.05) is 0 Å². The number of amidine groups is 1. The molecule has 1 aliphatic heterocycles. The van der Waals surface area contributed by atoms with Crippen LogP contribution >= 0.6 is 11.8 Å². The lowest BCUT2D eigenvalue weighted by molar-refractivity contribution is -0.135. The highest BCUT2D eigenvalue weighted by Crippen LogP contribution is 2.38. The Morgan fingerprint density at radius 3 is 2.44 bits per heavy atom. The molecule has 0 aliphatic carbocycles. The fourth-order valence-corrected chi connectivity index (χ4v) is 2.79. The highest BCUT2D eigenvalue weighted by atomic mass is 32.2. The van der Waals surface area contributed by atoms with Crippen LogP contribution < -0.4 is 19.5 Å². The van der Waals surface area contributed by atoms with Crippen molar-refractivity contribution in [1.82, 2.24) is 5.32 Å². The van der Waals surface area contributed by atoms with E-state index in [1.54, 1.807) is 12.1 Å². The second-order valence-electron chi connectivity index (χ2n) is 4.93. The van der Waals surface area contributed by atoms with Crippen molar-refractivity contribution in [3.63, 3.8) is 0 Å². The smallest absolute Gasteiger partial charge is 0.331 e. The van der Waals surface area contributed by atoms with Crippen molar-refractivity contribution in [3.8, 4) is 17.2 Å². The maximum atomic E-state index is 11.7. The fraction of sp³-hybridized carbons (Fsp3) is 0.294. The summed E-state index contributed by atoms with van der Waals surface area (Å²) in [6.07, 6.45) is 2.57. The summed E-state index contributed by atoms with van der Waals surface area (Å²) in [5, 5.41) is 10.6. The molecule has 1 heterocycles. The van der Waals surface area contributed by atoms with Gasteiger partial charge in [-0.15, -0.1) is 5.10 Å². The minimum atomic E-state index is -0.619. The summed E-state index contributed by atoms with van der Waals surface area (Å²) < 4.78 is 20.7. The summed E-state index contributed by atoms with van der Waals surface area (Å²) in [6.45, 7) is 2.33. The Morgan fingerprint density at radius 2 is 1.89 bits per heavy atom. The lowest BCUT2D eigenvalue weighted by atomic mass is 10.2. The molecule has 0 spiro atoms. The Labute approximate surface area is 160 Å². The van der Waals surface area contributed by atoms with Gasteiger partial charge in [0.1, 0.15) is 0 Å². The number of hydrogen-bond acceptors (Lipinski definition) is 9. The van der Waals surface area contributed by atoms with E-state index in [-0.39, 0.29) is 10.1 Å². The van der Waals surface area contributed by atoms with Crippen LogP contribution in [-0.4, -0.2) is 51.2 Å². The van der Waals surface area contributed by atoms with E-state index in [0.29, 0.717) is 29.4 Å². The van der Waals surface area contributed by atoms with Crippen LogP contribution in [0.2, 0.25) is 0 Å². The lowest BCUT2D eigenvalue weighted by Crippen LogP contribution is -2.19. The zero-order valence-corrected chi connectivity index (χ0v) is 16.1. The lowest BCUT2D eigenvalue weighted by Gasteiger charge is -2.13. The van der Waals surface area contributed by atoms with Crippen LogP contribution in [0.15, 0.2) is 33.3 Å². The monoisotopic (exact) mass is 393 g/mol. The molecule has 1 amide bonds. The third-order valence-electron chi connectivity index (χ3n) is 3.23. The summed E-state index contributed by atoms with van der Waals surface area (Å²) in [7, 11) is 4.28. The number of thioether (sulfide) groups is 1. The highest BCUT2D eigenvalue weighted by Gasteiger charge is 2.25. The molecule has 10 heteroatoms. The normalized spacial score (nSPS) is 16.7. The van der Waals surface area contributed by atoms with Crippen molar-refractivity contribution in [2.45, 2.75) is 6.92 Å². The van der Waals surface area contributed by atoms with Gasteiger partial charge in [0.15, 0.2) is 16.7 Å². The van der Waals surface area contributed by atoms with E-state index in [9.17, 15) is 9.59 Å². The van der Waals surface area contributed by atoms with Gasteiger partial charge in [-0.3, -0.25) is 10.1 Å². The summed E-state index contributed by atoms with van der Waals surface area (Å²) in [5.74, 6) is 0.436. The number of carbonyl (C=O) groups excluding carboxylic acids is 2. The van der Waals surface area contributed by atoms with Crippen LogP contribution in [0, 0.1) is 0 Å². The zero-order valence-electron chi connectivity index (χ0n) is 15.3. The number of nitrogens with zero attached hydrogens (tertiary/aromatic N) is 2. The van der Waals surface area contributed by atoms with Gasteiger partial charge in [-0.05, 0) is 30.8 Å². The van der Waals surface area contributed by atoms with Crippen LogP contribution in [0.1, 0.15) is 12.5 Å². The summed E-state index contributed by atoms with van der Waals surface area (Å²) in [6, 6.07) is 3.44. The summed E-state index contributed by atoms with van der Waals surface area (Å²) in [5.41, 5.74) is 0.663. The van der Waals surface area contributed by atoms with E-state index in [0.717, 1.165) is 17.8 Å². The molecule has 1 aromatic carbocycles. The average Bonchev–Trinajstić information content (AvgIpc) is 3.01. The van der Waals surface area contributed by atoms with Crippen LogP contribution in [0.25, 0.3) is 0 Å². The molecule has 1 aromatic rings. The van der Waals surface area contributed by atoms with Gasteiger partial charge in [-0.25, -0.2) is 4.79 Å². The molecule has 2 rings (SSSR count). The Kier molecular flexibility index (Phi) is 7.24. The van der Waals surface area contributed by atoms with Crippen molar-refractivity contribution in [2.75, 3.05) is 27.9 Å². The number of nitrogens with one attached hydrogen (secondary N) is 1. The molecule has 0 radical (unpaired) electrons. The number of methoxy groups -OCH3 is 3. The standard InChI is InChI=1S/C17H19N3O6S/c1-5-26-15-11(23-2)6-10(7-12(15)24-3)9-18-20-17-19-16(22)13(27-17)8-14(21)25-4/h6-9H,5H2,1-4H3,(H,19,20,22)/b13-8+,18-9?. The molecule has 9 nitrogen and oxygen atoms in total. The number of rotatable bonds is 7. The van der Waals surface area contributed by atoms with Crippen molar-refractivity contribution < 1.29 is 28.5 Å². The van der Waals surface area contributed by atoms with Crippen molar-refractivity contribution in [1.29, 1.82) is 0 Å². The molecule has 1 saturated heterocycles. The maximum absolute atomic E-state index is 11.7. The highest BCUT2D eigenvalue weighted by molar-refractivity contribution is 8.18. The summed E-state index contributed by atoms with van der Waals surface area (Å²) in [4.78, 5) is 23.1. The summed E-state index contributed by atoms with van der Waals surface area (Å²) >= 11 is 0.988. The third-order valence-corrected chi connectivity index (χ3v) is 4.13. The van der Waals surface area contributed by atoms with Gasteiger partial charge in [0.25, 0.3) is 5.91 Å². The predicted octanol–water partition coefficient (Wildman–Crippen LogP) is 1.71. The number of esters is 1. The average molecular weight is 393 g/mol. The topological polar surface area (TPSA) is 108 Å². The number of ether oxygens (including phenoxy) is 4. The van der Waals surface area contributed by atoms with E-state index < -0.39 is 11.9 Å². The van der Waals surface area contributed by atoms with Gasteiger partial charge < -0.3 is 18.9 Å². The largest absolute Gasteiger partial charge is 0.493 e. The quantitative estimate of drug-likeness (QED) is 0.325. The van der Waals surface area contributed by atoms with Crippen LogP contribution in [0.4, 0.5) is 0 Å². The number of benzene rings is 1. The first-order chi connectivity index (χ1) is 13.0. The maximum Gasteiger partial charge on any atom is 0.331 e. The molecule has 144 valence electrons. The second-order valence-corrected chi connectivity index (χ2v) is 5.96. The van der Waals surface area contributed by atoms with E-state index in [4.69, 9.17) is 14.2 Å². The van der Waals surface area contributed by atoms with E-state index in [1.807, 2.05) is 6.92 Å². The molecule has 1 fully saturated rings. The minimum Gasteiger partial charge on any atom is -0.493 e. The molecule has 1 N–H and O–H groups in total. The van der Waals surface area contributed by atoms with Crippen molar-refractivity contribution in [2.24, 2.45) is 10.2 Å². The van der Waals surface area contributed by atoms with E-state index in [1.165, 1.54) is 27.5 Å². The predicted molar refractivity (Wildman–Crippen MR) is 102 cm³/mol. The van der Waals surface area contributed by atoms with Crippen molar-refractivity contribution >= 4 is 35.0 Å². The molecule has 0 bridgehead atoms. The minimum absolute atomic E-state index is 0.181. The number of hydrogen-bond donors (Lipinski definition) is 1. The van der Waals surface area contributed by atoms with Crippen LogP contribution in [0.5, 0.6) is 17.2 Å². The zero-order chi connectivity index (χ0) is 19.8. The molecular formula is C17H19N3O6S. The Morgan fingerprint density at radius 1 is 1.22 bits per heavy atom. The van der Waals surface area contributed by atoms with Gasteiger partial charge in [0.2, 0.25) is 5.75 Å². The van der Waals surface area contributed by atoms with E-state index in [2.05, 4.69) is 20.3 Å². The van der Waals surface area contributed by atoms with Gasteiger partial charge in [-0.2, -0.15) is 5.10 Å².